The van der Waals surface area contributed by atoms with Crippen molar-refractivity contribution in [3.05, 3.63) is 169 Å². The molecule has 3 aromatic heterocycles. The third-order valence-corrected chi connectivity index (χ3v) is 9.87. The molecule has 49 heavy (non-hydrogen) atoms. The number of nitrogens with zero attached hydrogens (tertiary/aromatic N) is 2. The maximum absolute atomic E-state index is 6.47. The lowest BCUT2D eigenvalue weighted by Crippen LogP contribution is -1.92. The van der Waals surface area contributed by atoms with E-state index in [1.165, 1.54) is 44.1 Å². The predicted molar refractivity (Wildman–Crippen MR) is 204 cm³/mol. The van der Waals surface area contributed by atoms with Crippen molar-refractivity contribution >= 4 is 54.6 Å². The number of para-hydroxylation sites is 3. The zero-order chi connectivity index (χ0) is 32.5. The van der Waals surface area contributed by atoms with Crippen LogP contribution in [0.25, 0.3) is 93.8 Å². The van der Waals surface area contributed by atoms with E-state index >= 15 is 0 Å². The molecule has 3 heteroatoms. The lowest BCUT2D eigenvalue weighted by Gasteiger charge is -2.11. The number of aromatic nitrogens is 2. The number of aryl methyl sites for hydroxylation is 1. The van der Waals surface area contributed by atoms with Crippen molar-refractivity contribution in [2.24, 2.45) is 0 Å². The molecule has 230 valence electrons. The number of benzene rings is 7. The summed E-state index contributed by atoms with van der Waals surface area (Å²) in [6.07, 6.45) is 0. The number of fused-ring (bicyclic) bond motifs is 7. The number of pyridine rings is 1. The molecule has 7 aromatic carbocycles. The predicted octanol–water partition coefficient (Wildman–Crippen LogP) is 12.5. The molecule has 0 bridgehead atoms. The summed E-state index contributed by atoms with van der Waals surface area (Å²) in [7, 11) is 0. The van der Waals surface area contributed by atoms with Gasteiger partial charge in [-0.05, 0) is 89.8 Å². The molecule has 10 aromatic rings. The van der Waals surface area contributed by atoms with Crippen molar-refractivity contribution in [1.29, 1.82) is 0 Å². The highest BCUT2D eigenvalue weighted by Gasteiger charge is 2.18. The van der Waals surface area contributed by atoms with E-state index in [0.717, 1.165) is 55.3 Å². The van der Waals surface area contributed by atoms with Crippen molar-refractivity contribution in [1.82, 2.24) is 9.55 Å². The van der Waals surface area contributed by atoms with Gasteiger partial charge in [0.25, 0.3) is 0 Å². The second kappa shape index (κ2) is 10.8. The van der Waals surface area contributed by atoms with Crippen LogP contribution in [0.4, 0.5) is 0 Å². The fourth-order valence-corrected chi connectivity index (χ4v) is 7.51. The maximum atomic E-state index is 6.47. The molecule has 0 radical (unpaired) electrons. The molecular weight excluding hydrogens is 597 g/mol. The normalized spacial score (nSPS) is 11.8. The van der Waals surface area contributed by atoms with Gasteiger partial charge in [0.1, 0.15) is 11.2 Å². The highest BCUT2D eigenvalue weighted by molar-refractivity contribution is 6.14. The van der Waals surface area contributed by atoms with Crippen LogP contribution in [0, 0.1) is 6.92 Å². The molecular formula is C46H30N2O. The fraction of sp³-hybridized carbons (Fsp3) is 0.0217. The van der Waals surface area contributed by atoms with E-state index in [4.69, 9.17) is 9.40 Å². The Hall–Kier alpha value is -6.45. The lowest BCUT2D eigenvalue weighted by molar-refractivity contribution is 0.669. The molecule has 0 spiro atoms. The number of hydrogen-bond donors (Lipinski definition) is 0. The SMILES string of the molecule is Cc1ccc(-c2cc(-c3cccc4oc5ccc(-c6ccc7c(c6)c6ccccc6n7-c6ccccc6)cc5c34)nc3ccccc23)cc1. The van der Waals surface area contributed by atoms with Crippen molar-refractivity contribution in [3.63, 3.8) is 0 Å². The van der Waals surface area contributed by atoms with Crippen molar-refractivity contribution in [2.45, 2.75) is 6.92 Å². The van der Waals surface area contributed by atoms with Crippen LogP contribution in [0.1, 0.15) is 5.56 Å². The van der Waals surface area contributed by atoms with Crippen LogP contribution < -0.4 is 0 Å². The Morgan fingerprint density at radius 3 is 2.02 bits per heavy atom. The minimum atomic E-state index is 0.859. The highest BCUT2D eigenvalue weighted by atomic mass is 16.3. The van der Waals surface area contributed by atoms with Gasteiger partial charge in [0.15, 0.2) is 0 Å². The average molecular weight is 627 g/mol. The molecule has 0 aliphatic heterocycles. The summed E-state index contributed by atoms with van der Waals surface area (Å²) in [5, 5.41) is 5.79. The van der Waals surface area contributed by atoms with E-state index in [1.807, 2.05) is 0 Å². The third-order valence-electron chi connectivity index (χ3n) is 9.87. The van der Waals surface area contributed by atoms with Gasteiger partial charge in [-0.2, -0.15) is 0 Å². The van der Waals surface area contributed by atoms with E-state index in [-0.39, 0.29) is 0 Å². The molecule has 0 amide bonds. The Morgan fingerprint density at radius 1 is 0.469 bits per heavy atom. The van der Waals surface area contributed by atoms with E-state index < -0.39 is 0 Å². The summed E-state index contributed by atoms with van der Waals surface area (Å²) in [5.41, 5.74) is 14.2. The molecule has 0 unspecified atom stereocenters. The van der Waals surface area contributed by atoms with Gasteiger partial charge in [0.05, 0.1) is 22.2 Å². The zero-order valence-electron chi connectivity index (χ0n) is 26.9. The first-order chi connectivity index (χ1) is 24.2. The van der Waals surface area contributed by atoms with Crippen molar-refractivity contribution < 1.29 is 4.42 Å². The van der Waals surface area contributed by atoms with Crippen LogP contribution >= 0.6 is 0 Å². The van der Waals surface area contributed by atoms with E-state index in [2.05, 4.69) is 175 Å². The summed E-state index contributed by atoms with van der Waals surface area (Å²) in [5.74, 6) is 0. The van der Waals surface area contributed by atoms with Crippen molar-refractivity contribution in [3.8, 4) is 39.2 Å². The van der Waals surface area contributed by atoms with Gasteiger partial charge in [-0.1, -0.05) is 109 Å². The van der Waals surface area contributed by atoms with Crippen LogP contribution in [-0.4, -0.2) is 9.55 Å². The van der Waals surface area contributed by atoms with Crippen molar-refractivity contribution in [2.75, 3.05) is 0 Å². The Morgan fingerprint density at radius 2 is 1.16 bits per heavy atom. The lowest BCUT2D eigenvalue weighted by atomic mass is 9.95. The molecule has 0 atom stereocenters. The maximum Gasteiger partial charge on any atom is 0.136 e. The van der Waals surface area contributed by atoms with E-state index in [9.17, 15) is 0 Å². The monoisotopic (exact) mass is 626 g/mol. The summed E-state index contributed by atoms with van der Waals surface area (Å²) < 4.78 is 8.83. The van der Waals surface area contributed by atoms with Crippen LogP contribution in [-0.2, 0) is 0 Å². The second-order valence-electron chi connectivity index (χ2n) is 12.8. The van der Waals surface area contributed by atoms with Gasteiger partial charge in [0, 0.05) is 38.2 Å². The first kappa shape index (κ1) is 27.6. The second-order valence-corrected chi connectivity index (χ2v) is 12.8. The minimum absolute atomic E-state index is 0.859. The summed E-state index contributed by atoms with van der Waals surface area (Å²) in [6, 6.07) is 58.4. The van der Waals surface area contributed by atoms with Gasteiger partial charge in [-0.15, -0.1) is 0 Å². The molecule has 3 nitrogen and oxygen atoms in total. The Balaban J connectivity index is 1.17. The standard InChI is InChI=1S/C46H30N2O/c1-29-18-20-30(21-19-29)37-28-41(47-40-15-7-5-12-34(37)40)36-14-9-17-45-46(36)39-27-32(23-25-44(39)49-45)31-22-24-43-38(26-31)35-13-6-8-16-42(35)48(43)33-10-3-2-4-11-33/h2-28H,1H3. The van der Waals surface area contributed by atoms with Gasteiger partial charge in [-0.25, -0.2) is 4.98 Å². The smallest absolute Gasteiger partial charge is 0.136 e. The Labute approximate surface area is 283 Å². The third kappa shape index (κ3) is 4.40. The Kier molecular flexibility index (Phi) is 6.09. The molecule has 3 heterocycles. The van der Waals surface area contributed by atoms with Gasteiger partial charge in [0.2, 0.25) is 0 Å². The Bertz CT molecular complexity index is 2880. The highest BCUT2D eigenvalue weighted by Crippen LogP contribution is 2.41. The minimum Gasteiger partial charge on any atom is -0.456 e. The van der Waals surface area contributed by atoms with E-state index in [0.29, 0.717) is 0 Å². The number of rotatable bonds is 4. The topological polar surface area (TPSA) is 31.0 Å². The number of furan rings is 1. The van der Waals surface area contributed by atoms with Crippen LogP contribution in [0.3, 0.4) is 0 Å². The molecule has 0 saturated carbocycles. The first-order valence-electron chi connectivity index (χ1n) is 16.7. The summed E-state index contributed by atoms with van der Waals surface area (Å²) in [6.45, 7) is 2.12. The molecule has 10 rings (SSSR count). The number of hydrogen-bond acceptors (Lipinski definition) is 2. The first-order valence-corrected chi connectivity index (χ1v) is 16.7. The molecule has 0 N–H and O–H groups in total. The van der Waals surface area contributed by atoms with Crippen LogP contribution in [0.5, 0.6) is 0 Å². The van der Waals surface area contributed by atoms with Crippen LogP contribution in [0.15, 0.2) is 168 Å². The quantitative estimate of drug-likeness (QED) is 0.195. The zero-order valence-corrected chi connectivity index (χ0v) is 26.9. The van der Waals surface area contributed by atoms with E-state index in [1.54, 1.807) is 0 Å². The fourth-order valence-electron chi connectivity index (χ4n) is 7.51. The average Bonchev–Trinajstić information content (AvgIpc) is 3.70. The van der Waals surface area contributed by atoms with Gasteiger partial charge >= 0.3 is 0 Å². The van der Waals surface area contributed by atoms with Crippen LogP contribution in [0.2, 0.25) is 0 Å². The van der Waals surface area contributed by atoms with Gasteiger partial charge in [-0.3, -0.25) is 0 Å². The summed E-state index contributed by atoms with van der Waals surface area (Å²) >= 11 is 0. The molecule has 0 aliphatic carbocycles. The largest absolute Gasteiger partial charge is 0.456 e. The summed E-state index contributed by atoms with van der Waals surface area (Å²) in [4.78, 5) is 5.21. The molecule has 0 aliphatic rings. The molecule has 0 saturated heterocycles. The van der Waals surface area contributed by atoms with Gasteiger partial charge < -0.3 is 8.98 Å². The molecule has 0 fully saturated rings.